The van der Waals surface area contributed by atoms with Crippen molar-refractivity contribution in [3.63, 3.8) is 0 Å². The van der Waals surface area contributed by atoms with Crippen LogP contribution in [0.2, 0.25) is 0 Å². The fourth-order valence-corrected chi connectivity index (χ4v) is 2.24. The van der Waals surface area contributed by atoms with Gasteiger partial charge in [-0.05, 0) is 24.1 Å². The Kier molecular flexibility index (Phi) is 5.67. The summed E-state index contributed by atoms with van der Waals surface area (Å²) in [5.74, 6) is -0.360. The zero-order valence-corrected chi connectivity index (χ0v) is 11.0. The number of halogens is 1. The number of aliphatic hydroxyl groups excluding tert-OH is 1. The van der Waals surface area contributed by atoms with E-state index in [4.69, 9.17) is 5.11 Å². The number of aliphatic hydroxyl groups is 1. The molecule has 0 radical (unpaired) electrons. The van der Waals surface area contributed by atoms with Crippen LogP contribution >= 0.6 is 0 Å². The molecule has 0 saturated heterocycles. The van der Waals surface area contributed by atoms with Crippen molar-refractivity contribution in [1.29, 1.82) is 0 Å². The molecule has 1 aromatic rings. The number of nitrogens with one attached hydrogen (secondary N) is 1. The lowest BCUT2D eigenvalue weighted by Crippen LogP contribution is -2.38. The average molecular weight is 276 g/mol. The summed E-state index contributed by atoms with van der Waals surface area (Å²) in [5.41, 5.74) is 0.676. The Morgan fingerprint density at radius 3 is 2.50 bits per heavy atom. The van der Waals surface area contributed by atoms with Gasteiger partial charge in [-0.25, -0.2) is 4.39 Å². The molecule has 0 aliphatic heterocycles. The normalized spacial score (nSPS) is 12.0. The van der Waals surface area contributed by atoms with Gasteiger partial charge in [0.05, 0.1) is 0 Å². The maximum absolute atomic E-state index is 12.7. The highest BCUT2D eigenvalue weighted by molar-refractivity contribution is 7.87. The highest BCUT2D eigenvalue weighted by atomic mass is 32.2. The second-order valence-corrected chi connectivity index (χ2v) is 5.71. The minimum Gasteiger partial charge on any atom is -0.396 e. The van der Waals surface area contributed by atoms with Crippen LogP contribution in [0.1, 0.15) is 12.0 Å². The summed E-state index contributed by atoms with van der Waals surface area (Å²) < 4.78 is 39.7. The third kappa shape index (κ3) is 4.69. The lowest BCUT2D eigenvalue weighted by atomic mass is 10.2. The van der Waals surface area contributed by atoms with E-state index in [2.05, 4.69) is 4.72 Å². The summed E-state index contributed by atoms with van der Waals surface area (Å²) in [4.78, 5) is 0. The molecule has 5 nitrogen and oxygen atoms in total. The maximum atomic E-state index is 12.7. The zero-order valence-electron chi connectivity index (χ0n) is 10.1. The largest absolute Gasteiger partial charge is 0.396 e. The van der Waals surface area contributed by atoms with E-state index >= 15 is 0 Å². The molecule has 2 N–H and O–H groups in total. The van der Waals surface area contributed by atoms with Crippen molar-refractivity contribution in [2.75, 3.05) is 20.2 Å². The summed E-state index contributed by atoms with van der Waals surface area (Å²) in [6.07, 6.45) is 0.383. The van der Waals surface area contributed by atoms with E-state index in [9.17, 15) is 12.8 Å². The van der Waals surface area contributed by atoms with Crippen LogP contribution in [0.4, 0.5) is 4.39 Å². The number of hydrogen-bond acceptors (Lipinski definition) is 3. The van der Waals surface area contributed by atoms with Crippen LogP contribution in [-0.4, -0.2) is 38.0 Å². The van der Waals surface area contributed by atoms with Gasteiger partial charge in [0.15, 0.2) is 0 Å². The Balaban J connectivity index is 2.53. The molecule has 0 bridgehead atoms. The Morgan fingerprint density at radius 2 is 1.94 bits per heavy atom. The van der Waals surface area contributed by atoms with Crippen molar-refractivity contribution in [1.82, 2.24) is 9.03 Å². The molecule has 7 heteroatoms. The van der Waals surface area contributed by atoms with Gasteiger partial charge in [-0.3, -0.25) is 0 Å². The monoisotopic (exact) mass is 276 g/mol. The molecule has 0 fully saturated rings. The number of benzene rings is 1. The second kappa shape index (κ2) is 6.79. The fourth-order valence-electron chi connectivity index (χ4n) is 1.30. The Labute approximate surface area is 106 Å². The molecule has 18 heavy (non-hydrogen) atoms. The van der Waals surface area contributed by atoms with Gasteiger partial charge < -0.3 is 5.11 Å². The van der Waals surface area contributed by atoms with E-state index in [1.54, 1.807) is 0 Å². The van der Waals surface area contributed by atoms with Crippen LogP contribution < -0.4 is 4.72 Å². The topological polar surface area (TPSA) is 69.6 Å². The predicted molar refractivity (Wildman–Crippen MR) is 66.5 cm³/mol. The van der Waals surface area contributed by atoms with E-state index in [0.717, 1.165) is 4.31 Å². The van der Waals surface area contributed by atoms with Gasteiger partial charge in [-0.15, -0.1) is 0 Å². The molecule has 0 aromatic heterocycles. The summed E-state index contributed by atoms with van der Waals surface area (Å²) in [6.45, 7) is 0.291. The van der Waals surface area contributed by atoms with Crippen molar-refractivity contribution < 1.29 is 17.9 Å². The highest BCUT2D eigenvalue weighted by Crippen LogP contribution is 2.04. The van der Waals surface area contributed by atoms with Crippen molar-refractivity contribution in [2.24, 2.45) is 0 Å². The van der Waals surface area contributed by atoms with Crippen LogP contribution in [-0.2, 0) is 16.8 Å². The highest BCUT2D eigenvalue weighted by Gasteiger charge is 2.16. The number of hydrogen-bond donors (Lipinski definition) is 2. The van der Waals surface area contributed by atoms with Crippen molar-refractivity contribution in [3.05, 3.63) is 35.6 Å². The number of nitrogens with zero attached hydrogens (tertiary/aromatic N) is 1. The molecule has 0 aliphatic rings. The van der Waals surface area contributed by atoms with Crippen LogP contribution in [0.5, 0.6) is 0 Å². The SMILES string of the molecule is CN(CCCO)S(=O)(=O)NCc1ccc(F)cc1. The van der Waals surface area contributed by atoms with E-state index in [-0.39, 0.29) is 25.5 Å². The predicted octanol–water partition coefficient (Wildman–Crippen LogP) is 0.474. The summed E-state index contributed by atoms with van der Waals surface area (Å²) >= 11 is 0. The molecule has 0 saturated carbocycles. The molecule has 0 spiro atoms. The molecule has 1 aromatic carbocycles. The van der Waals surface area contributed by atoms with Crippen molar-refractivity contribution >= 4 is 10.2 Å². The van der Waals surface area contributed by atoms with Crippen LogP contribution in [0.15, 0.2) is 24.3 Å². The minimum absolute atomic E-state index is 0.0577. The Bertz CT molecular complexity index is 462. The van der Waals surface area contributed by atoms with Gasteiger partial charge in [-0.1, -0.05) is 12.1 Å². The first-order valence-electron chi connectivity index (χ1n) is 5.52. The molecule has 0 unspecified atom stereocenters. The molecular weight excluding hydrogens is 259 g/mol. The molecule has 0 heterocycles. The number of rotatable bonds is 7. The minimum atomic E-state index is -3.56. The molecule has 0 amide bonds. The first-order chi connectivity index (χ1) is 8.45. The Hall–Kier alpha value is -1.02. The van der Waals surface area contributed by atoms with Gasteiger partial charge in [0.2, 0.25) is 0 Å². The van der Waals surface area contributed by atoms with Gasteiger partial charge in [0.1, 0.15) is 5.82 Å². The standard InChI is InChI=1S/C11H17FN2O3S/c1-14(7-2-8-15)18(16,17)13-9-10-3-5-11(12)6-4-10/h3-6,13,15H,2,7-9H2,1H3. The first-order valence-corrected chi connectivity index (χ1v) is 6.96. The maximum Gasteiger partial charge on any atom is 0.279 e. The summed E-state index contributed by atoms with van der Waals surface area (Å²) in [6, 6.07) is 5.59. The lowest BCUT2D eigenvalue weighted by Gasteiger charge is -2.17. The molecule has 102 valence electrons. The van der Waals surface area contributed by atoms with Crippen molar-refractivity contribution in [2.45, 2.75) is 13.0 Å². The fraction of sp³-hybridized carbons (Fsp3) is 0.455. The zero-order chi connectivity index (χ0) is 13.6. The molecule has 1 rings (SSSR count). The first kappa shape index (κ1) is 15.0. The second-order valence-electron chi connectivity index (χ2n) is 3.85. The molecule has 0 atom stereocenters. The molecule has 0 aliphatic carbocycles. The quantitative estimate of drug-likeness (QED) is 0.761. The van der Waals surface area contributed by atoms with Gasteiger partial charge in [-0.2, -0.15) is 17.4 Å². The van der Waals surface area contributed by atoms with Crippen molar-refractivity contribution in [3.8, 4) is 0 Å². The van der Waals surface area contributed by atoms with Gasteiger partial charge >= 0.3 is 0 Å². The van der Waals surface area contributed by atoms with Crippen LogP contribution in [0.3, 0.4) is 0 Å². The Morgan fingerprint density at radius 1 is 1.33 bits per heavy atom. The van der Waals surface area contributed by atoms with Crippen LogP contribution in [0.25, 0.3) is 0 Å². The molecular formula is C11H17FN2O3S. The van der Waals surface area contributed by atoms with E-state index < -0.39 is 10.2 Å². The van der Waals surface area contributed by atoms with E-state index in [1.165, 1.54) is 31.3 Å². The summed E-state index contributed by atoms with van der Waals surface area (Å²) in [5, 5.41) is 8.64. The van der Waals surface area contributed by atoms with Crippen LogP contribution in [0, 0.1) is 5.82 Å². The van der Waals surface area contributed by atoms with Gasteiger partial charge in [0.25, 0.3) is 10.2 Å². The third-order valence-electron chi connectivity index (χ3n) is 2.41. The third-order valence-corrected chi connectivity index (χ3v) is 3.93. The van der Waals surface area contributed by atoms with E-state index in [1.807, 2.05) is 0 Å². The summed E-state index contributed by atoms with van der Waals surface area (Å²) in [7, 11) is -2.13. The lowest BCUT2D eigenvalue weighted by molar-refractivity contribution is 0.275. The van der Waals surface area contributed by atoms with Gasteiger partial charge in [0, 0.05) is 26.7 Å². The smallest absolute Gasteiger partial charge is 0.279 e. The van der Waals surface area contributed by atoms with E-state index in [0.29, 0.717) is 12.0 Å². The average Bonchev–Trinajstić information content (AvgIpc) is 2.35.